The van der Waals surface area contributed by atoms with Crippen molar-refractivity contribution in [2.45, 2.75) is 4.90 Å². The highest BCUT2D eigenvalue weighted by Gasteiger charge is 2.26. The average molecular weight is 276 g/mol. The molecule has 2 rings (SSSR count). The highest BCUT2D eigenvalue weighted by Crippen LogP contribution is 2.21. The monoisotopic (exact) mass is 276 g/mol. The van der Waals surface area contributed by atoms with Crippen molar-refractivity contribution < 1.29 is 21.9 Å². The number of anilines is 1. The molecular formula is C9H10NO5S2-. The minimum Gasteiger partial charge on any atom is -0.768 e. The summed E-state index contributed by atoms with van der Waals surface area (Å²) in [6.07, 6.45) is 0. The van der Waals surface area contributed by atoms with E-state index in [1.165, 1.54) is 28.6 Å². The Morgan fingerprint density at radius 1 is 1.29 bits per heavy atom. The van der Waals surface area contributed by atoms with E-state index in [0.717, 1.165) is 0 Å². The van der Waals surface area contributed by atoms with Gasteiger partial charge in [0.15, 0.2) is 5.94 Å². The van der Waals surface area contributed by atoms with Gasteiger partial charge in [-0.1, -0.05) is 0 Å². The van der Waals surface area contributed by atoms with Crippen molar-refractivity contribution in [3.8, 4) is 0 Å². The van der Waals surface area contributed by atoms with E-state index in [9.17, 15) is 17.2 Å². The molecule has 1 saturated heterocycles. The third-order valence-corrected chi connectivity index (χ3v) is 4.51. The number of hydrogen-bond donors (Lipinski definition) is 0. The zero-order valence-corrected chi connectivity index (χ0v) is 10.4. The van der Waals surface area contributed by atoms with Gasteiger partial charge in [-0.2, -0.15) is 0 Å². The molecule has 1 atom stereocenters. The number of ether oxygens (including phenoxy) is 1. The van der Waals surface area contributed by atoms with Gasteiger partial charge >= 0.3 is 0 Å². The van der Waals surface area contributed by atoms with Crippen LogP contribution in [0, 0.1) is 0 Å². The van der Waals surface area contributed by atoms with E-state index in [-0.39, 0.29) is 17.4 Å². The molecular weight excluding hydrogens is 266 g/mol. The minimum atomic E-state index is -3.45. The molecule has 1 fully saturated rings. The molecule has 6 nitrogen and oxygen atoms in total. The van der Waals surface area contributed by atoms with Crippen LogP contribution in [-0.4, -0.2) is 36.3 Å². The molecule has 1 heterocycles. The van der Waals surface area contributed by atoms with Crippen molar-refractivity contribution in [3.63, 3.8) is 0 Å². The molecule has 0 radical (unpaired) electrons. The fourth-order valence-electron chi connectivity index (χ4n) is 1.53. The molecule has 0 bridgehead atoms. The van der Waals surface area contributed by atoms with Crippen LogP contribution in [0.4, 0.5) is 5.69 Å². The van der Waals surface area contributed by atoms with Gasteiger partial charge in [0.05, 0.1) is 18.8 Å². The minimum absolute atomic E-state index is 0.124. The van der Waals surface area contributed by atoms with Crippen molar-refractivity contribution in [1.82, 2.24) is 0 Å². The first kappa shape index (κ1) is 12.5. The summed E-state index contributed by atoms with van der Waals surface area (Å²) in [5.74, 6) is -0.345. The Hall–Kier alpha value is -0.960. The van der Waals surface area contributed by atoms with Crippen molar-refractivity contribution in [3.05, 3.63) is 24.3 Å². The van der Waals surface area contributed by atoms with Crippen molar-refractivity contribution in [2.24, 2.45) is 0 Å². The van der Waals surface area contributed by atoms with Gasteiger partial charge in [0.1, 0.15) is 0 Å². The second-order valence-electron chi connectivity index (χ2n) is 3.44. The molecule has 1 unspecified atom stereocenters. The molecule has 17 heavy (non-hydrogen) atoms. The molecule has 1 aromatic carbocycles. The number of hydrogen-bond acceptors (Lipinski definition) is 5. The second kappa shape index (κ2) is 4.73. The lowest BCUT2D eigenvalue weighted by Gasteiger charge is -2.28. The van der Waals surface area contributed by atoms with Gasteiger partial charge in [0.25, 0.3) is 10.0 Å². The second-order valence-corrected chi connectivity index (χ2v) is 6.22. The molecule has 1 aliphatic heterocycles. The van der Waals surface area contributed by atoms with Crippen LogP contribution in [0.15, 0.2) is 29.2 Å². The van der Waals surface area contributed by atoms with E-state index in [0.29, 0.717) is 12.3 Å². The van der Waals surface area contributed by atoms with Crippen LogP contribution < -0.4 is 4.31 Å². The zero-order chi connectivity index (χ0) is 12.5. The lowest BCUT2D eigenvalue weighted by Crippen LogP contribution is -2.41. The summed E-state index contributed by atoms with van der Waals surface area (Å²) in [5.41, 5.74) is 0.447. The van der Waals surface area contributed by atoms with Crippen molar-refractivity contribution in [2.75, 3.05) is 23.4 Å². The van der Waals surface area contributed by atoms with Gasteiger partial charge in [-0.05, 0) is 35.3 Å². The van der Waals surface area contributed by atoms with Crippen LogP contribution in [0.2, 0.25) is 0 Å². The normalized spacial score (nSPS) is 21.1. The topological polar surface area (TPSA) is 86.7 Å². The Morgan fingerprint density at radius 2 is 1.94 bits per heavy atom. The van der Waals surface area contributed by atoms with E-state index >= 15 is 0 Å². The molecule has 1 aromatic rings. The molecule has 94 valence electrons. The lowest BCUT2D eigenvalue weighted by molar-refractivity contribution is 0.175. The van der Waals surface area contributed by atoms with E-state index < -0.39 is 21.1 Å². The SMILES string of the molecule is O=S([O-])c1ccc(N2CCOCS2(=O)=O)cc1. The molecule has 0 aliphatic carbocycles. The Kier molecular flexibility index (Phi) is 3.48. The smallest absolute Gasteiger partial charge is 0.259 e. The fourth-order valence-corrected chi connectivity index (χ4v) is 3.14. The Morgan fingerprint density at radius 3 is 2.47 bits per heavy atom. The predicted octanol–water partition coefficient (Wildman–Crippen LogP) is 0.0485. The Bertz CT molecular complexity index is 525. The summed E-state index contributed by atoms with van der Waals surface area (Å²) >= 11 is -2.30. The number of benzene rings is 1. The van der Waals surface area contributed by atoms with Crippen molar-refractivity contribution in [1.29, 1.82) is 0 Å². The van der Waals surface area contributed by atoms with Crippen LogP contribution in [-0.2, 0) is 25.8 Å². The largest absolute Gasteiger partial charge is 0.768 e. The molecule has 1 aliphatic rings. The number of rotatable bonds is 2. The lowest BCUT2D eigenvalue weighted by atomic mass is 10.3. The number of sulfonamides is 1. The Labute approximate surface area is 102 Å². The summed E-state index contributed by atoms with van der Waals surface area (Å²) in [6.45, 7) is 0.566. The quantitative estimate of drug-likeness (QED) is 0.712. The zero-order valence-electron chi connectivity index (χ0n) is 8.74. The van der Waals surface area contributed by atoms with Gasteiger partial charge in [0, 0.05) is 4.90 Å². The molecule has 0 spiro atoms. The van der Waals surface area contributed by atoms with Crippen LogP contribution in [0.1, 0.15) is 0 Å². The van der Waals surface area contributed by atoms with E-state index in [2.05, 4.69) is 0 Å². The highest BCUT2D eigenvalue weighted by atomic mass is 32.2. The van der Waals surface area contributed by atoms with Gasteiger partial charge in [-0.3, -0.25) is 8.51 Å². The van der Waals surface area contributed by atoms with Gasteiger partial charge in [-0.25, -0.2) is 8.42 Å². The Balaban J connectivity index is 2.30. The van der Waals surface area contributed by atoms with E-state index in [4.69, 9.17) is 4.74 Å². The summed E-state index contributed by atoms with van der Waals surface area (Å²) < 4.78 is 50.8. The summed E-state index contributed by atoms with van der Waals surface area (Å²) in [6, 6.07) is 5.66. The third kappa shape index (κ3) is 2.65. The number of nitrogens with zero attached hydrogens (tertiary/aromatic N) is 1. The maximum absolute atomic E-state index is 11.7. The van der Waals surface area contributed by atoms with Crippen LogP contribution in [0.5, 0.6) is 0 Å². The first-order valence-corrected chi connectivity index (χ1v) is 7.46. The molecule has 0 amide bonds. The predicted molar refractivity (Wildman–Crippen MR) is 60.7 cm³/mol. The summed E-state index contributed by atoms with van der Waals surface area (Å²) in [5, 5.41) is 0. The molecule has 0 aromatic heterocycles. The maximum atomic E-state index is 11.7. The standard InChI is InChI=1S/C9H11NO5S2/c11-16(12)9-3-1-8(2-4-9)10-5-6-15-7-17(10,13)14/h1-4H,5-7H2,(H,11,12)/p-1. The van der Waals surface area contributed by atoms with Gasteiger partial charge in [0.2, 0.25) is 0 Å². The first-order valence-electron chi connectivity index (χ1n) is 4.78. The molecule has 0 N–H and O–H groups in total. The third-order valence-electron chi connectivity index (χ3n) is 2.32. The van der Waals surface area contributed by atoms with Gasteiger partial charge in [-0.15, -0.1) is 0 Å². The molecule has 0 saturated carbocycles. The van der Waals surface area contributed by atoms with E-state index in [1.807, 2.05) is 0 Å². The van der Waals surface area contributed by atoms with Gasteiger partial charge < -0.3 is 9.29 Å². The molecule has 8 heteroatoms. The van der Waals surface area contributed by atoms with Crippen LogP contribution in [0.3, 0.4) is 0 Å². The van der Waals surface area contributed by atoms with Crippen molar-refractivity contribution >= 4 is 26.8 Å². The first-order chi connectivity index (χ1) is 8.00. The average Bonchev–Trinajstić information content (AvgIpc) is 2.28. The van der Waals surface area contributed by atoms with Crippen LogP contribution >= 0.6 is 0 Å². The summed E-state index contributed by atoms with van der Waals surface area (Å²) in [4.78, 5) is 0.124. The van der Waals surface area contributed by atoms with Crippen LogP contribution in [0.25, 0.3) is 0 Å². The maximum Gasteiger partial charge on any atom is 0.259 e. The van der Waals surface area contributed by atoms with E-state index in [1.54, 1.807) is 0 Å². The summed E-state index contributed by atoms with van der Waals surface area (Å²) in [7, 11) is -3.45. The fraction of sp³-hybridized carbons (Fsp3) is 0.333. The highest BCUT2D eigenvalue weighted by molar-refractivity contribution is 7.92.